The van der Waals surface area contributed by atoms with Crippen LogP contribution >= 0.6 is 0 Å². The molecule has 0 saturated heterocycles. The zero-order chi connectivity index (χ0) is 18.1. The second-order valence-electron chi connectivity index (χ2n) is 6.08. The summed E-state index contributed by atoms with van der Waals surface area (Å²) in [7, 11) is 3.35. The van der Waals surface area contributed by atoms with Crippen molar-refractivity contribution < 1.29 is 14.2 Å². The van der Waals surface area contributed by atoms with Crippen LogP contribution in [0.15, 0.2) is 54.6 Å². The molecule has 0 aliphatic rings. The third kappa shape index (κ3) is 6.25. The first-order chi connectivity index (χ1) is 12.1. The molecule has 0 fully saturated rings. The number of rotatable bonds is 10. The Labute approximate surface area is 150 Å². The Balaban J connectivity index is 1.91. The highest BCUT2D eigenvalue weighted by Gasteiger charge is 2.06. The number of methoxy groups -OCH3 is 2. The van der Waals surface area contributed by atoms with Crippen molar-refractivity contribution in [3.8, 4) is 11.5 Å². The molecule has 0 amide bonds. The van der Waals surface area contributed by atoms with Crippen molar-refractivity contribution in [3.05, 3.63) is 71.3 Å². The average molecular weight is 341 g/mol. The van der Waals surface area contributed by atoms with E-state index in [0.29, 0.717) is 13.2 Å². The number of nitrogens with one attached hydrogen (secondary N) is 1. The van der Waals surface area contributed by atoms with Crippen LogP contribution < -0.4 is 14.8 Å². The van der Waals surface area contributed by atoms with E-state index in [9.17, 15) is 0 Å². The van der Waals surface area contributed by atoms with Crippen molar-refractivity contribution in [2.75, 3.05) is 20.8 Å². The standard InChI is InChI=1S/C21H27NO3/c1-16(2)14-25-21-11-19(9-10-20(21)24-4)13-22-12-17-5-7-18(8-6-17)15-23-3/h5-11,22H,1,12-15H2,2-4H3. The third-order valence-electron chi connectivity index (χ3n) is 3.69. The van der Waals surface area contributed by atoms with Gasteiger partial charge in [-0.05, 0) is 41.3 Å². The van der Waals surface area contributed by atoms with Crippen molar-refractivity contribution in [1.29, 1.82) is 0 Å². The molecule has 2 rings (SSSR count). The van der Waals surface area contributed by atoms with E-state index in [4.69, 9.17) is 14.2 Å². The van der Waals surface area contributed by atoms with E-state index in [-0.39, 0.29) is 0 Å². The molecule has 0 aliphatic carbocycles. The van der Waals surface area contributed by atoms with Gasteiger partial charge in [0.05, 0.1) is 13.7 Å². The molecule has 0 aromatic heterocycles. The van der Waals surface area contributed by atoms with Crippen molar-refractivity contribution in [1.82, 2.24) is 5.32 Å². The van der Waals surface area contributed by atoms with Crippen molar-refractivity contribution in [2.45, 2.75) is 26.6 Å². The van der Waals surface area contributed by atoms with E-state index in [1.54, 1.807) is 14.2 Å². The van der Waals surface area contributed by atoms with Crippen molar-refractivity contribution in [2.24, 2.45) is 0 Å². The third-order valence-corrected chi connectivity index (χ3v) is 3.69. The molecule has 2 aromatic rings. The van der Waals surface area contributed by atoms with Gasteiger partial charge in [0.2, 0.25) is 0 Å². The monoisotopic (exact) mass is 341 g/mol. The Morgan fingerprint density at radius 1 is 0.920 bits per heavy atom. The van der Waals surface area contributed by atoms with E-state index in [1.807, 2.05) is 25.1 Å². The van der Waals surface area contributed by atoms with Crippen LogP contribution in [-0.4, -0.2) is 20.8 Å². The summed E-state index contributed by atoms with van der Waals surface area (Å²) in [5, 5.41) is 3.45. The van der Waals surface area contributed by atoms with Crippen LogP contribution in [0.1, 0.15) is 23.6 Å². The predicted molar refractivity (Wildman–Crippen MR) is 101 cm³/mol. The van der Waals surface area contributed by atoms with Crippen LogP contribution in [0.25, 0.3) is 0 Å². The lowest BCUT2D eigenvalue weighted by atomic mass is 10.1. The molecule has 0 saturated carbocycles. The van der Waals surface area contributed by atoms with Crippen molar-refractivity contribution in [3.63, 3.8) is 0 Å². The van der Waals surface area contributed by atoms with E-state index in [2.05, 4.69) is 36.2 Å². The molecule has 0 bridgehead atoms. The molecule has 2 aromatic carbocycles. The predicted octanol–water partition coefficient (Wildman–Crippen LogP) is 4.09. The Hall–Kier alpha value is -2.30. The van der Waals surface area contributed by atoms with Gasteiger partial charge in [-0.2, -0.15) is 0 Å². The summed E-state index contributed by atoms with van der Waals surface area (Å²) in [6, 6.07) is 14.4. The fourth-order valence-corrected chi connectivity index (χ4v) is 2.42. The van der Waals surface area contributed by atoms with Gasteiger partial charge < -0.3 is 19.5 Å². The maximum atomic E-state index is 5.77. The van der Waals surface area contributed by atoms with E-state index in [0.717, 1.165) is 35.7 Å². The highest BCUT2D eigenvalue weighted by Crippen LogP contribution is 2.28. The van der Waals surface area contributed by atoms with Gasteiger partial charge in [0, 0.05) is 20.2 Å². The van der Waals surface area contributed by atoms with Gasteiger partial charge in [-0.3, -0.25) is 0 Å². The average Bonchev–Trinajstić information content (AvgIpc) is 2.62. The molecule has 1 N–H and O–H groups in total. The fourth-order valence-electron chi connectivity index (χ4n) is 2.42. The highest BCUT2D eigenvalue weighted by atomic mass is 16.5. The lowest BCUT2D eigenvalue weighted by Gasteiger charge is -2.13. The number of ether oxygens (including phenoxy) is 3. The molecule has 134 valence electrons. The van der Waals surface area contributed by atoms with Gasteiger partial charge in [-0.1, -0.05) is 36.9 Å². The first-order valence-corrected chi connectivity index (χ1v) is 8.34. The van der Waals surface area contributed by atoms with Gasteiger partial charge in [0.15, 0.2) is 11.5 Å². The second-order valence-corrected chi connectivity index (χ2v) is 6.08. The molecule has 0 heterocycles. The Bertz CT molecular complexity index is 680. The molecular formula is C21H27NO3. The van der Waals surface area contributed by atoms with Crippen LogP contribution in [0.4, 0.5) is 0 Å². The lowest BCUT2D eigenvalue weighted by Crippen LogP contribution is -2.13. The van der Waals surface area contributed by atoms with Crippen LogP contribution in [0.2, 0.25) is 0 Å². The molecule has 25 heavy (non-hydrogen) atoms. The number of benzene rings is 2. The molecule has 0 radical (unpaired) electrons. The van der Waals surface area contributed by atoms with Gasteiger partial charge in [-0.15, -0.1) is 0 Å². The topological polar surface area (TPSA) is 39.7 Å². The molecule has 0 unspecified atom stereocenters. The molecule has 4 nitrogen and oxygen atoms in total. The maximum Gasteiger partial charge on any atom is 0.161 e. The molecule has 0 atom stereocenters. The zero-order valence-electron chi connectivity index (χ0n) is 15.3. The minimum Gasteiger partial charge on any atom is -0.493 e. The summed E-state index contributed by atoms with van der Waals surface area (Å²) in [4.78, 5) is 0. The summed E-state index contributed by atoms with van der Waals surface area (Å²) < 4.78 is 16.2. The summed E-state index contributed by atoms with van der Waals surface area (Å²) in [5.41, 5.74) is 4.55. The Morgan fingerprint density at radius 2 is 1.56 bits per heavy atom. The SMILES string of the molecule is C=C(C)COc1cc(CNCc2ccc(COC)cc2)ccc1OC. The molecule has 0 aliphatic heterocycles. The molecule has 4 heteroatoms. The minimum atomic E-state index is 0.487. The fraction of sp³-hybridized carbons (Fsp3) is 0.333. The van der Waals surface area contributed by atoms with E-state index in [1.165, 1.54) is 11.1 Å². The largest absolute Gasteiger partial charge is 0.493 e. The summed E-state index contributed by atoms with van der Waals surface area (Å²) >= 11 is 0. The summed E-state index contributed by atoms with van der Waals surface area (Å²) in [6.45, 7) is 8.50. The van der Waals surface area contributed by atoms with Gasteiger partial charge in [-0.25, -0.2) is 0 Å². The van der Waals surface area contributed by atoms with Crippen LogP contribution in [-0.2, 0) is 24.4 Å². The van der Waals surface area contributed by atoms with Gasteiger partial charge in [0.1, 0.15) is 6.61 Å². The zero-order valence-corrected chi connectivity index (χ0v) is 15.3. The highest BCUT2D eigenvalue weighted by molar-refractivity contribution is 5.43. The van der Waals surface area contributed by atoms with Crippen LogP contribution in [0, 0.1) is 0 Å². The number of hydrogen-bond acceptors (Lipinski definition) is 4. The lowest BCUT2D eigenvalue weighted by molar-refractivity contribution is 0.185. The molecule has 0 spiro atoms. The summed E-state index contributed by atoms with van der Waals surface area (Å²) in [5.74, 6) is 1.48. The Morgan fingerprint density at radius 3 is 2.20 bits per heavy atom. The van der Waals surface area contributed by atoms with Crippen molar-refractivity contribution >= 4 is 0 Å². The minimum absolute atomic E-state index is 0.487. The normalized spacial score (nSPS) is 10.5. The van der Waals surface area contributed by atoms with Gasteiger partial charge in [0.25, 0.3) is 0 Å². The first-order valence-electron chi connectivity index (χ1n) is 8.34. The quantitative estimate of drug-likeness (QED) is 0.661. The first kappa shape index (κ1) is 19.0. The van der Waals surface area contributed by atoms with Crippen LogP contribution in [0.5, 0.6) is 11.5 Å². The number of hydrogen-bond donors (Lipinski definition) is 1. The van der Waals surface area contributed by atoms with E-state index < -0.39 is 0 Å². The van der Waals surface area contributed by atoms with E-state index >= 15 is 0 Å². The molecular weight excluding hydrogens is 314 g/mol. The second kappa shape index (κ2) is 9.87. The maximum absolute atomic E-state index is 5.77. The van der Waals surface area contributed by atoms with Gasteiger partial charge >= 0.3 is 0 Å². The summed E-state index contributed by atoms with van der Waals surface area (Å²) in [6.07, 6.45) is 0. The smallest absolute Gasteiger partial charge is 0.161 e. The Kier molecular flexibility index (Phi) is 7.51. The van der Waals surface area contributed by atoms with Crippen LogP contribution in [0.3, 0.4) is 0 Å².